The molecule has 0 unspecified atom stereocenters. The second-order valence-corrected chi connectivity index (χ2v) is 5.13. The third kappa shape index (κ3) is 2.71. The molecule has 0 aliphatic rings. The van der Waals surface area contributed by atoms with E-state index in [0.29, 0.717) is 35.7 Å². The van der Waals surface area contributed by atoms with Gasteiger partial charge in [-0.25, -0.2) is 4.68 Å². The number of hydrogen-bond donors (Lipinski definition) is 1. The second kappa shape index (κ2) is 5.86. The van der Waals surface area contributed by atoms with Gasteiger partial charge in [-0.3, -0.25) is 9.78 Å². The van der Waals surface area contributed by atoms with Crippen molar-refractivity contribution < 1.29 is 9.90 Å². The van der Waals surface area contributed by atoms with E-state index in [1.54, 1.807) is 18.3 Å². The first-order chi connectivity index (χ1) is 9.54. The van der Waals surface area contributed by atoms with Crippen molar-refractivity contribution in [3.63, 3.8) is 0 Å². The summed E-state index contributed by atoms with van der Waals surface area (Å²) in [5.74, 6) is 0.0676. The summed E-state index contributed by atoms with van der Waals surface area (Å²) < 4.78 is 1.46. The molecule has 0 atom stereocenters. The minimum Gasteiger partial charge on any atom is -0.493 e. The van der Waals surface area contributed by atoms with Crippen molar-refractivity contribution >= 4 is 5.78 Å². The molecule has 2 rings (SSSR count). The van der Waals surface area contributed by atoms with E-state index in [9.17, 15) is 9.90 Å². The van der Waals surface area contributed by atoms with Crippen molar-refractivity contribution in [2.45, 2.75) is 33.7 Å². The fourth-order valence-corrected chi connectivity index (χ4v) is 2.13. The molecule has 0 amide bonds. The number of hydrogen-bond acceptors (Lipinski definition) is 4. The van der Waals surface area contributed by atoms with Crippen molar-refractivity contribution in [2.75, 3.05) is 0 Å². The van der Waals surface area contributed by atoms with Crippen molar-refractivity contribution in [1.82, 2.24) is 14.8 Å². The zero-order chi connectivity index (χ0) is 14.7. The first-order valence-corrected chi connectivity index (χ1v) is 6.78. The number of aromatic hydroxyl groups is 1. The Morgan fingerprint density at radius 3 is 2.75 bits per heavy atom. The van der Waals surface area contributed by atoms with E-state index in [0.717, 1.165) is 0 Å². The Morgan fingerprint density at radius 1 is 1.45 bits per heavy atom. The van der Waals surface area contributed by atoms with Crippen LogP contribution in [-0.2, 0) is 13.0 Å². The van der Waals surface area contributed by atoms with Gasteiger partial charge >= 0.3 is 0 Å². The molecule has 0 aliphatic heterocycles. The lowest BCUT2D eigenvalue weighted by atomic mass is 9.99. The molecule has 0 aliphatic carbocycles. The molecule has 5 nitrogen and oxygen atoms in total. The van der Waals surface area contributed by atoms with Gasteiger partial charge in [-0.15, -0.1) is 0 Å². The van der Waals surface area contributed by atoms with E-state index in [-0.39, 0.29) is 11.7 Å². The van der Waals surface area contributed by atoms with Crippen molar-refractivity contribution in [1.29, 1.82) is 0 Å². The Kier molecular flexibility index (Phi) is 4.17. The Bertz CT molecular complexity index is 603. The van der Waals surface area contributed by atoms with Gasteiger partial charge in [0.05, 0.1) is 5.69 Å². The molecular formula is C15H19N3O2. The first-order valence-electron chi connectivity index (χ1n) is 6.78. The van der Waals surface area contributed by atoms with Crippen LogP contribution in [0.3, 0.4) is 0 Å². The van der Waals surface area contributed by atoms with E-state index in [1.165, 1.54) is 10.9 Å². The maximum absolute atomic E-state index is 12.5. The van der Waals surface area contributed by atoms with Gasteiger partial charge in [-0.2, -0.15) is 5.10 Å². The minimum absolute atomic E-state index is 0.0583. The van der Waals surface area contributed by atoms with Gasteiger partial charge in [-0.1, -0.05) is 13.8 Å². The summed E-state index contributed by atoms with van der Waals surface area (Å²) in [4.78, 5) is 16.5. The van der Waals surface area contributed by atoms with Crippen LogP contribution >= 0.6 is 0 Å². The van der Waals surface area contributed by atoms with E-state index < -0.39 is 0 Å². The van der Waals surface area contributed by atoms with E-state index >= 15 is 0 Å². The van der Waals surface area contributed by atoms with Crippen molar-refractivity contribution in [3.8, 4) is 5.88 Å². The number of aryl methyl sites for hydroxylation is 1. The SMILES string of the molecule is CCn1nc(CC(C)C)c(C(=O)c2cccnc2)c1O. The highest BCUT2D eigenvalue weighted by atomic mass is 16.3. The van der Waals surface area contributed by atoms with Crippen LogP contribution in [-0.4, -0.2) is 25.7 Å². The minimum atomic E-state index is -0.231. The molecular weight excluding hydrogens is 254 g/mol. The summed E-state index contributed by atoms with van der Waals surface area (Å²) in [6.45, 7) is 6.52. The highest BCUT2D eigenvalue weighted by Gasteiger charge is 2.24. The van der Waals surface area contributed by atoms with Crippen LogP contribution < -0.4 is 0 Å². The standard InChI is InChI=1S/C15H19N3O2/c1-4-18-15(20)13(12(17-18)8-10(2)3)14(19)11-6-5-7-16-9-11/h5-7,9-10,20H,4,8H2,1-3H3. The molecule has 0 saturated heterocycles. The number of rotatable bonds is 5. The van der Waals surface area contributed by atoms with Crippen LogP contribution in [0.15, 0.2) is 24.5 Å². The van der Waals surface area contributed by atoms with Crippen molar-refractivity contribution in [2.24, 2.45) is 5.92 Å². The Balaban J connectivity index is 2.49. The lowest BCUT2D eigenvalue weighted by Crippen LogP contribution is -2.06. The second-order valence-electron chi connectivity index (χ2n) is 5.13. The number of aromatic nitrogens is 3. The predicted octanol–water partition coefficient (Wildman–Crippen LogP) is 2.43. The Morgan fingerprint density at radius 2 is 2.20 bits per heavy atom. The summed E-state index contributed by atoms with van der Waals surface area (Å²) in [5, 5.41) is 14.6. The number of nitrogens with zero attached hydrogens (tertiary/aromatic N) is 3. The maximum atomic E-state index is 12.5. The summed E-state index contributed by atoms with van der Waals surface area (Å²) in [5.41, 5.74) is 1.41. The van der Waals surface area contributed by atoms with Gasteiger partial charge in [-0.05, 0) is 31.4 Å². The van der Waals surface area contributed by atoms with Gasteiger partial charge in [0.2, 0.25) is 11.7 Å². The molecule has 5 heteroatoms. The maximum Gasteiger partial charge on any atom is 0.221 e. The first kappa shape index (κ1) is 14.2. The highest BCUT2D eigenvalue weighted by molar-refractivity contribution is 6.11. The molecule has 0 saturated carbocycles. The van der Waals surface area contributed by atoms with Crippen molar-refractivity contribution in [3.05, 3.63) is 41.3 Å². The molecule has 106 valence electrons. The molecule has 1 N–H and O–H groups in total. The third-order valence-corrected chi connectivity index (χ3v) is 3.05. The monoisotopic (exact) mass is 273 g/mol. The zero-order valence-corrected chi connectivity index (χ0v) is 12.0. The molecule has 2 aromatic rings. The van der Waals surface area contributed by atoms with Crippen LogP contribution in [0.5, 0.6) is 5.88 Å². The molecule has 0 aromatic carbocycles. The van der Waals surface area contributed by atoms with Gasteiger partial charge in [0.1, 0.15) is 5.56 Å². The lowest BCUT2D eigenvalue weighted by Gasteiger charge is -2.04. The average molecular weight is 273 g/mol. The van der Waals surface area contributed by atoms with Gasteiger partial charge in [0, 0.05) is 24.5 Å². The van der Waals surface area contributed by atoms with Crippen LogP contribution in [0.4, 0.5) is 0 Å². The number of ketones is 1. The molecule has 2 heterocycles. The Hall–Kier alpha value is -2.17. The molecule has 20 heavy (non-hydrogen) atoms. The number of carbonyl (C=O) groups is 1. The van der Waals surface area contributed by atoms with Crippen LogP contribution in [0.25, 0.3) is 0 Å². The predicted molar refractivity (Wildman–Crippen MR) is 75.8 cm³/mol. The van der Waals surface area contributed by atoms with Gasteiger partial charge in [0.15, 0.2) is 0 Å². The third-order valence-electron chi connectivity index (χ3n) is 3.05. The van der Waals surface area contributed by atoms with E-state index in [2.05, 4.69) is 23.9 Å². The number of carbonyl (C=O) groups excluding carboxylic acids is 1. The molecule has 0 bridgehead atoms. The fraction of sp³-hybridized carbons (Fsp3) is 0.400. The molecule has 0 spiro atoms. The van der Waals surface area contributed by atoms with E-state index in [4.69, 9.17) is 0 Å². The summed E-state index contributed by atoms with van der Waals surface area (Å²) >= 11 is 0. The summed E-state index contributed by atoms with van der Waals surface area (Å²) in [7, 11) is 0. The highest BCUT2D eigenvalue weighted by Crippen LogP contribution is 2.26. The normalized spacial score (nSPS) is 11.0. The zero-order valence-electron chi connectivity index (χ0n) is 12.0. The molecule has 2 aromatic heterocycles. The van der Waals surface area contributed by atoms with Gasteiger partial charge in [0.25, 0.3) is 0 Å². The fourth-order valence-electron chi connectivity index (χ4n) is 2.13. The topological polar surface area (TPSA) is 68.0 Å². The quantitative estimate of drug-likeness (QED) is 0.850. The smallest absolute Gasteiger partial charge is 0.221 e. The molecule has 0 fully saturated rings. The average Bonchev–Trinajstić information content (AvgIpc) is 2.74. The van der Waals surface area contributed by atoms with Gasteiger partial charge < -0.3 is 5.11 Å². The van der Waals surface area contributed by atoms with E-state index in [1.807, 2.05) is 6.92 Å². The van der Waals surface area contributed by atoms with Crippen LogP contribution in [0.1, 0.15) is 42.4 Å². The van der Waals surface area contributed by atoms with Crippen LogP contribution in [0, 0.1) is 5.92 Å². The molecule has 0 radical (unpaired) electrons. The number of pyridine rings is 1. The lowest BCUT2D eigenvalue weighted by molar-refractivity contribution is 0.103. The largest absolute Gasteiger partial charge is 0.493 e. The Labute approximate surface area is 118 Å². The summed E-state index contributed by atoms with van der Waals surface area (Å²) in [6.07, 6.45) is 3.77. The van der Waals surface area contributed by atoms with Crippen LogP contribution in [0.2, 0.25) is 0 Å². The summed E-state index contributed by atoms with van der Waals surface area (Å²) in [6, 6.07) is 3.40.